The van der Waals surface area contributed by atoms with Crippen LogP contribution in [0.5, 0.6) is 0 Å². The van der Waals surface area contributed by atoms with Gasteiger partial charge in [-0.3, -0.25) is 4.79 Å². The Hall–Kier alpha value is -1.75. The van der Waals surface area contributed by atoms with Crippen molar-refractivity contribution in [2.24, 2.45) is 0 Å². The monoisotopic (exact) mass is 268 g/mol. The average Bonchev–Trinajstić information content (AvgIpc) is 2.81. The Labute approximate surface area is 108 Å². The lowest BCUT2D eigenvalue weighted by molar-refractivity contribution is -0.118. The van der Waals surface area contributed by atoms with Crippen LogP contribution in [-0.2, 0) is 11.2 Å². The lowest BCUT2D eigenvalue weighted by Gasteiger charge is -1.96. The molecule has 0 unspecified atom stereocenters. The average molecular weight is 269 g/mol. The second-order valence-electron chi connectivity index (χ2n) is 3.71. The molecule has 94 valence electrons. The zero-order chi connectivity index (χ0) is 13.1. The molecule has 0 bridgehead atoms. The Kier molecular flexibility index (Phi) is 3.72. The fourth-order valence-electron chi connectivity index (χ4n) is 1.37. The Morgan fingerprint density at radius 2 is 2.28 bits per heavy atom. The van der Waals surface area contributed by atoms with Crippen LogP contribution >= 0.6 is 11.6 Å². The molecule has 1 heterocycles. The summed E-state index contributed by atoms with van der Waals surface area (Å²) < 4.78 is 17.9. The van der Waals surface area contributed by atoms with E-state index in [4.69, 9.17) is 16.1 Å². The molecule has 0 radical (unpaired) electrons. The second kappa shape index (κ2) is 5.27. The zero-order valence-electron chi connectivity index (χ0n) is 9.61. The van der Waals surface area contributed by atoms with Crippen LogP contribution in [-0.4, -0.2) is 15.9 Å². The highest BCUT2D eigenvalue weighted by atomic mass is 35.5. The highest BCUT2D eigenvalue weighted by Crippen LogP contribution is 2.22. The van der Waals surface area contributed by atoms with Gasteiger partial charge in [-0.15, -0.1) is 0 Å². The molecule has 0 amide bonds. The van der Waals surface area contributed by atoms with Crippen LogP contribution in [0.2, 0.25) is 5.02 Å². The molecule has 0 atom stereocenters. The van der Waals surface area contributed by atoms with E-state index in [0.717, 1.165) is 0 Å². The number of hydrogen-bond donors (Lipinski definition) is 0. The van der Waals surface area contributed by atoms with Gasteiger partial charge in [0.2, 0.25) is 11.7 Å². The zero-order valence-corrected chi connectivity index (χ0v) is 10.4. The molecule has 0 fully saturated rings. The summed E-state index contributed by atoms with van der Waals surface area (Å²) in [5, 5.41) is 3.71. The molecule has 0 aliphatic heterocycles. The molecule has 1 aromatic heterocycles. The van der Waals surface area contributed by atoms with Crippen molar-refractivity contribution < 1.29 is 13.7 Å². The number of hydrogen-bond acceptors (Lipinski definition) is 4. The fourth-order valence-corrected chi connectivity index (χ4v) is 1.55. The van der Waals surface area contributed by atoms with Gasteiger partial charge in [-0.2, -0.15) is 4.98 Å². The summed E-state index contributed by atoms with van der Waals surface area (Å²) in [7, 11) is 0. The summed E-state index contributed by atoms with van der Waals surface area (Å²) >= 11 is 5.66. The molecule has 2 aromatic rings. The van der Waals surface area contributed by atoms with Crippen LogP contribution in [0.1, 0.15) is 19.2 Å². The van der Waals surface area contributed by atoms with E-state index in [1.807, 2.05) is 0 Å². The normalized spacial score (nSPS) is 10.6. The van der Waals surface area contributed by atoms with Crippen LogP contribution in [0.4, 0.5) is 4.39 Å². The van der Waals surface area contributed by atoms with E-state index in [1.54, 1.807) is 6.92 Å². The van der Waals surface area contributed by atoms with Crippen molar-refractivity contribution >= 4 is 17.4 Å². The minimum Gasteiger partial charge on any atom is -0.339 e. The third-order valence-corrected chi connectivity index (χ3v) is 2.68. The van der Waals surface area contributed by atoms with Crippen LogP contribution in [0, 0.1) is 5.82 Å². The molecular formula is C12H10ClFN2O2. The van der Waals surface area contributed by atoms with Gasteiger partial charge in [0.25, 0.3) is 0 Å². The maximum atomic E-state index is 13.0. The van der Waals surface area contributed by atoms with Gasteiger partial charge in [-0.05, 0) is 18.2 Å². The standard InChI is InChI=1S/C12H10ClFN2O2/c1-2-8(17)6-11-15-12(16-18-11)7-3-4-10(14)9(13)5-7/h3-5H,2,6H2,1H3. The molecule has 0 aliphatic rings. The Bertz CT molecular complexity index is 583. The number of nitrogens with zero attached hydrogens (tertiary/aromatic N) is 2. The molecule has 6 heteroatoms. The van der Waals surface area contributed by atoms with Crippen molar-refractivity contribution in [1.29, 1.82) is 0 Å². The third-order valence-electron chi connectivity index (χ3n) is 2.39. The first kappa shape index (κ1) is 12.7. The van der Waals surface area contributed by atoms with E-state index >= 15 is 0 Å². The summed E-state index contributed by atoms with van der Waals surface area (Å²) in [5.41, 5.74) is 0.542. The van der Waals surface area contributed by atoms with Gasteiger partial charge in [-0.1, -0.05) is 23.7 Å². The predicted octanol–water partition coefficient (Wildman–Crippen LogP) is 3.05. The van der Waals surface area contributed by atoms with Gasteiger partial charge < -0.3 is 4.52 Å². The van der Waals surface area contributed by atoms with Crippen molar-refractivity contribution in [2.45, 2.75) is 19.8 Å². The number of carbonyl (C=O) groups excluding carboxylic acids is 1. The number of Topliss-reactive ketones (excluding diaryl/α,β-unsaturated/α-hetero) is 1. The maximum Gasteiger partial charge on any atom is 0.234 e. The SMILES string of the molecule is CCC(=O)Cc1nc(-c2ccc(F)c(Cl)c2)no1. The first-order chi connectivity index (χ1) is 8.60. The molecule has 0 saturated heterocycles. The Morgan fingerprint density at radius 3 is 2.94 bits per heavy atom. The van der Waals surface area contributed by atoms with E-state index in [9.17, 15) is 9.18 Å². The minimum absolute atomic E-state index is 0.0107. The van der Waals surface area contributed by atoms with Gasteiger partial charge in [0.1, 0.15) is 11.6 Å². The number of aromatic nitrogens is 2. The van der Waals surface area contributed by atoms with Crippen LogP contribution < -0.4 is 0 Å². The van der Waals surface area contributed by atoms with Gasteiger partial charge in [0, 0.05) is 12.0 Å². The molecule has 2 rings (SSSR count). The summed E-state index contributed by atoms with van der Waals surface area (Å²) in [4.78, 5) is 15.3. The third kappa shape index (κ3) is 2.73. The molecule has 0 aliphatic carbocycles. The van der Waals surface area contributed by atoms with E-state index < -0.39 is 5.82 Å². The first-order valence-electron chi connectivity index (χ1n) is 5.40. The van der Waals surface area contributed by atoms with Gasteiger partial charge in [-0.25, -0.2) is 4.39 Å². The minimum atomic E-state index is -0.509. The van der Waals surface area contributed by atoms with Crippen molar-refractivity contribution in [2.75, 3.05) is 0 Å². The number of ketones is 1. The highest BCUT2D eigenvalue weighted by molar-refractivity contribution is 6.31. The van der Waals surface area contributed by atoms with E-state index in [-0.39, 0.29) is 28.9 Å². The Morgan fingerprint density at radius 1 is 1.50 bits per heavy atom. The van der Waals surface area contributed by atoms with Crippen LogP contribution in [0.3, 0.4) is 0 Å². The number of rotatable bonds is 4. The van der Waals surface area contributed by atoms with Crippen molar-refractivity contribution in [3.8, 4) is 11.4 Å². The maximum absolute atomic E-state index is 13.0. The molecule has 18 heavy (non-hydrogen) atoms. The second-order valence-corrected chi connectivity index (χ2v) is 4.12. The largest absolute Gasteiger partial charge is 0.339 e. The number of halogens is 2. The predicted molar refractivity (Wildman–Crippen MR) is 63.7 cm³/mol. The fraction of sp³-hybridized carbons (Fsp3) is 0.250. The van der Waals surface area contributed by atoms with Gasteiger partial charge in [0.15, 0.2) is 0 Å². The summed E-state index contributed by atoms with van der Waals surface area (Å²) in [5.74, 6) is 0.0423. The van der Waals surface area contributed by atoms with Gasteiger partial charge in [0.05, 0.1) is 11.4 Å². The highest BCUT2D eigenvalue weighted by Gasteiger charge is 2.12. The summed E-state index contributed by atoms with van der Waals surface area (Å²) in [6.45, 7) is 1.76. The quantitative estimate of drug-likeness (QED) is 0.855. The van der Waals surface area contributed by atoms with Crippen molar-refractivity contribution in [3.63, 3.8) is 0 Å². The molecule has 0 saturated carbocycles. The Balaban J connectivity index is 2.23. The number of benzene rings is 1. The topological polar surface area (TPSA) is 56.0 Å². The summed E-state index contributed by atoms with van der Waals surface area (Å²) in [6, 6.07) is 4.13. The van der Waals surface area contributed by atoms with Crippen LogP contribution in [0.15, 0.2) is 22.7 Å². The van der Waals surface area contributed by atoms with E-state index in [0.29, 0.717) is 12.0 Å². The van der Waals surface area contributed by atoms with Gasteiger partial charge >= 0.3 is 0 Å². The molecular weight excluding hydrogens is 259 g/mol. The smallest absolute Gasteiger partial charge is 0.234 e. The van der Waals surface area contributed by atoms with Crippen molar-refractivity contribution in [1.82, 2.24) is 10.1 Å². The molecule has 0 spiro atoms. The molecule has 4 nitrogen and oxygen atoms in total. The van der Waals surface area contributed by atoms with E-state index in [2.05, 4.69) is 10.1 Å². The first-order valence-corrected chi connectivity index (χ1v) is 5.77. The summed E-state index contributed by atoms with van der Waals surface area (Å²) in [6.07, 6.45) is 0.526. The molecule has 1 aromatic carbocycles. The lowest BCUT2D eigenvalue weighted by atomic mass is 10.2. The van der Waals surface area contributed by atoms with Crippen molar-refractivity contribution in [3.05, 3.63) is 34.9 Å². The van der Waals surface area contributed by atoms with Crippen LogP contribution in [0.25, 0.3) is 11.4 Å². The van der Waals surface area contributed by atoms with E-state index in [1.165, 1.54) is 18.2 Å². The number of carbonyl (C=O) groups is 1. The lowest BCUT2D eigenvalue weighted by Crippen LogP contribution is -2.00. The molecule has 0 N–H and O–H groups in total.